The lowest BCUT2D eigenvalue weighted by Gasteiger charge is -2.08. The van der Waals surface area contributed by atoms with Gasteiger partial charge in [-0.1, -0.05) is 23.7 Å². The molecule has 0 spiro atoms. The summed E-state index contributed by atoms with van der Waals surface area (Å²) < 4.78 is 31.6. The van der Waals surface area contributed by atoms with Gasteiger partial charge in [-0.15, -0.1) is 0 Å². The first-order valence-electron chi connectivity index (χ1n) is 6.18. The number of rotatable bonds is 6. The quantitative estimate of drug-likeness (QED) is 0.881. The first-order valence-corrected chi connectivity index (χ1v) is 8.21. The van der Waals surface area contributed by atoms with Crippen molar-refractivity contribution in [2.24, 2.45) is 0 Å². The minimum Gasteiger partial charge on any atom is -0.464 e. The van der Waals surface area contributed by atoms with Crippen molar-refractivity contribution in [3.8, 4) is 6.01 Å². The number of hydrogen-bond acceptors (Lipinski definition) is 5. The molecule has 0 unspecified atom stereocenters. The molecule has 2 rings (SSSR count). The van der Waals surface area contributed by atoms with Gasteiger partial charge in [0, 0.05) is 5.02 Å². The second kappa shape index (κ2) is 6.73. The predicted octanol–water partition coefficient (Wildman–Crippen LogP) is 2.47. The number of nitrogens with zero attached hydrogens (tertiary/aromatic N) is 2. The second-order valence-electron chi connectivity index (χ2n) is 4.17. The molecule has 0 radical (unpaired) electrons. The molecule has 6 nitrogen and oxygen atoms in total. The van der Waals surface area contributed by atoms with Gasteiger partial charge >= 0.3 is 6.01 Å². The van der Waals surface area contributed by atoms with Crippen molar-refractivity contribution >= 4 is 27.3 Å². The standard InChI is InChI=1S/C13H14ClN3O3S/c1-2-20-13-15-7-12(8-16-13)17-21(18,19)9-10-3-5-11(14)6-4-10/h3-8,17H,2,9H2,1H3. The number of aromatic nitrogens is 2. The highest BCUT2D eigenvalue weighted by molar-refractivity contribution is 7.91. The maximum Gasteiger partial charge on any atom is 0.316 e. The summed E-state index contributed by atoms with van der Waals surface area (Å²) in [4.78, 5) is 7.79. The van der Waals surface area contributed by atoms with Gasteiger partial charge in [-0.25, -0.2) is 18.4 Å². The predicted molar refractivity (Wildman–Crippen MR) is 80.9 cm³/mol. The van der Waals surface area contributed by atoms with E-state index in [1.54, 1.807) is 24.3 Å². The SMILES string of the molecule is CCOc1ncc(NS(=O)(=O)Cc2ccc(Cl)cc2)cn1. The largest absolute Gasteiger partial charge is 0.464 e. The molecule has 0 amide bonds. The highest BCUT2D eigenvalue weighted by atomic mass is 35.5. The molecule has 1 aromatic carbocycles. The molecule has 2 aromatic rings. The van der Waals surface area contributed by atoms with Crippen LogP contribution in [-0.2, 0) is 15.8 Å². The zero-order chi connectivity index (χ0) is 15.3. The Morgan fingerprint density at radius 3 is 2.38 bits per heavy atom. The van der Waals surface area contributed by atoms with Gasteiger partial charge in [-0.05, 0) is 24.6 Å². The van der Waals surface area contributed by atoms with Crippen LogP contribution in [0.25, 0.3) is 0 Å². The lowest BCUT2D eigenvalue weighted by Crippen LogP contribution is -2.15. The van der Waals surface area contributed by atoms with E-state index in [0.29, 0.717) is 17.2 Å². The second-order valence-corrected chi connectivity index (χ2v) is 6.33. The van der Waals surface area contributed by atoms with Crippen LogP contribution in [0.4, 0.5) is 5.69 Å². The van der Waals surface area contributed by atoms with E-state index in [4.69, 9.17) is 16.3 Å². The van der Waals surface area contributed by atoms with Crippen molar-refractivity contribution in [3.63, 3.8) is 0 Å². The monoisotopic (exact) mass is 327 g/mol. The summed E-state index contributed by atoms with van der Waals surface area (Å²) in [6.45, 7) is 2.26. The van der Waals surface area contributed by atoms with Crippen molar-refractivity contribution in [3.05, 3.63) is 47.2 Å². The Hall–Kier alpha value is -1.86. The van der Waals surface area contributed by atoms with E-state index in [0.717, 1.165) is 0 Å². The van der Waals surface area contributed by atoms with Crippen molar-refractivity contribution in [1.29, 1.82) is 0 Å². The molecule has 0 aliphatic heterocycles. The Morgan fingerprint density at radius 1 is 1.19 bits per heavy atom. The van der Waals surface area contributed by atoms with Gasteiger partial charge < -0.3 is 4.74 Å². The molecule has 1 N–H and O–H groups in total. The first-order chi connectivity index (χ1) is 9.98. The minimum absolute atomic E-state index is 0.155. The van der Waals surface area contributed by atoms with Crippen LogP contribution in [0.2, 0.25) is 5.02 Å². The van der Waals surface area contributed by atoms with Gasteiger partial charge in [0.05, 0.1) is 30.4 Å². The summed E-state index contributed by atoms with van der Waals surface area (Å²) in [5.74, 6) is -0.155. The average molecular weight is 328 g/mol. The maximum absolute atomic E-state index is 12.0. The van der Waals surface area contributed by atoms with E-state index in [1.165, 1.54) is 12.4 Å². The van der Waals surface area contributed by atoms with Crippen LogP contribution >= 0.6 is 11.6 Å². The van der Waals surface area contributed by atoms with Gasteiger partial charge in [0.2, 0.25) is 10.0 Å². The lowest BCUT2D eigenvalue weighted by molar-refractivity contribution is 0.312. The lowest BCUT2D eigenvalue weighted by atomic mass is 10.2. The van der Waals surface area contributed by atoms with Gasteiger partial charge in [-0.2, -0.15) is 0 Å². The number of halogens is 1. The third kappa shape index (κ3) is 4.87. The summed E-state index contributed by atoms with van der Waals surface area (Å²) in [6.07, 6.45) is 2.72. The topological polar surface area (TPSA) is 81.2 Å². The Morgan fingerprint density at radius 2 is 1.81 bits per heavy atom. The molecule has 1 heterocycles. The van der Waals surface area contributed by atoms with E-state index in [2.05, 4.69) is 14.7 Å². The Labute approximate surface area is 128 Å². The molecule has 112 valence electrons. The average Bonchev–Trinajstić information content (AvgIpc) is 2.43. The zero-order valence-electron chi connectivity index (χ0n) is 11.3. The van der Waals surface area contributed by atoms with Crippen LogP contribution in [0, 0.1) is 0 Å². The number of nitrogens with one attached hydrogen (secondary N) is 1. The zero-order valence-corrected chi connectivity index (χ0v) is 12.9. The smallest absolute Gasteiger partial charge is 0.316 e. The molecule has 0 saturated carbocycles. The fourth-order valence-electron chi connectivity index (χ4n) is 1.59. The van der Waals surface area contributed by atoms with Crippen molar-refractivity contribution in [2.45, 2.75) is 12.7 Å². The number of sulfonamides is 1. The van der Waals surface area contributed by atoms with E-state index in [1.807, 2.05) is 6.92 Å². The van der Waals surface area contributed by atoms with E-state index in [-0.39, 0.29) is 17.5 Å². The van der Waals surface area contributed by atoms with Gasteiger partial charge in [-0.3, -0.25) is 4.72 Å². The third-order valence-corrected chi connectivity index (χ3v) is 3.96. The van der Waals surface area contributed by atoms with Gasteiger partial charge in [0.25, 0.3) is 0 Å². The fourth-order valence-corrected chi connectivity index (χ4v) is 2.88. The number of ether oxygens (including phenoxy) is 1. The normalized spacial score (nSPS) is 11.1. The van der Waals surface area contributed by atoms with Crippen LogP contribution in [-0.4, -0.2) is 25.0 Å². The van der Waals surface area contributed by atoms with Crippen LogP contribution < -0.4 is 9.46 Å². The summed E-state index contributed by atoms with van der Waals surface area (Å²) in [7, 11) is -3.54. The number of anilines is 1. The summed E-state index contributed by atoms with van der Waals surface area (Å²) >= 11 is 5.76. The Kier molecular flexibility index (Phi) is 4.98. The van der Waals surface area contributed by atoms with Crippen molar-refractivity contribution in [1.82, 2.24) is 9.97 Å². The molecule has 0 atom stereocenters. The molecular formula is C13H14ClN3O3S. The van der Waals surface area contributed by atoms with Gasteiger partial charge in [0.15, 0.2) is 0 Å². The number of benzene rings is 1. The Balaban J connectivity index is 2.04. The Bertz CT molecular complexity index is 688. The molecule has 0 bridgehead atoms. The molecule has 0 aliphatic carbocycles. The fraction of sp³-hybridized carbons (Fsp3) is 0.231. The number of hydrogen-bond donors (Lipinski definition) is 1. The summed E-state index contributed by atoms with van der Waals surface area (Å²) in [6, 6.07) is 6.82. The van der Waals surface area contributed by atoms with Crippen molar-refractivity contribution in [2.75, 3.05) is 11.3 Å². The molecule has 1 aromatic heterocycles. The third-order valence-electron chi connectivity index (χ3n) is 2.44. The first kappa shape index (κ1) is 15.5. The van der Waals surface area contributed by atoms with Crippen LogP contribution in [0.3, 0.4) is 0 Å². The van der Waals surface area contributed by atoms with Gasteiger partial charge in [0.1, 0.15) is 0 Å². The minimum atomic E-state index is -3.54. The molecule has 0 fully saturated rings. The molecule has 21 heavy (non-hydrogen) atoms. The highest BCUT2D eigenvalue weighted by Gasteiger charge is 2.12. The van der Waals surface area contributed by atoms with Crippen LogP contribution in [0.1, 0.15) is 12.5 Å². The van der Waals surface area contributed by atoms with E-state index < -0.39 is 10.0 Å². The summed E-state index contributed by atoms with van der Waals surface area (Å²) in [5.41, 5.74) is 0.922. The molecule has 8 heteroatoms. The van der Waals surface area contributed by atoms with E-state index in [9.17, 15) is 8.42 Å². The molecular weight excluding hydrogens is 314 g/mol. The van der Waals surface area contributed by atoms with E-state index >= 15 is 0 Å². The summed E-state index contributed by atoms with van der Waals surface area (Å²) in [5, 5.41) is 0.559. The van der Waals surface area contributed by atoms with Crippen molar-refractivity contribution < 1.29 is 13.2 Å². The highest BCUT2D eigenvalue weighted by Crippen LogP contribution is 2.15. The van der Waals surface area contributed by atoms with Crippen LogP contribution in [0.15, 0.2) is 36.7 Å². The molecule has 0 saturated heterocycles. The molecule has 0 aliphatic rings. The van der Waals surface area contributed by atoms with Crippen LogP contribution in [0.5, 0.6) is 6.01 Å². The maximum atomic E-state index is 12.0.